The maximum absolute atomic E-state index is 12.6. The normalized spacial score (nSPS) is 21.0. The van der Waals surface area contributed by atoms with E-state index in [2.05, 4.69) is 4.72 Å². The van der Waals surface area contributed by atoms with Crippen LogP contribution in [0.25, 0.3) is 0 Å². The lowest BCUT2D eigenvalue weighted by Gasteiger charge is -2.35. The van der Waals surface area contributed by atoms with E-state index < -0.39 is 28.2 Å². The Hall–Kier alpha value is -1.97. The zero-order valence-electron chi connectivity index (χ0n) is 15.0. The smallest absolute Gasteiger partial charge is 0.334 e. The zero-order valence-corrected chi connectivity index (χ0v) is 15.8. The van der Waals surface area contributed by atoms with Crippen molar-refractivity contribution >= 4 is 21.9 Å². The molecule has 1 aromatic rings. The Balaban J connectivity index is 2.12. The fourth-order valence-corrected chi connectivity index (χ4v) is 3.79. The van der Waals surface area contributed by atoms with Gasteiger partial charge in [-0.1, -0.05) is 13.8 Å². The van der Waals surface area contributed by atoms with E-state index in [1.54, 1.807) is 6.92 Å². The number of nitrogens with one attached hydrogen (secondary N) is 1. The fraction of sp³-hybridized carbons (Fsp3) is 0.529. The van der Waals surface area contributed by atoms with Crippen LogP contribution in [0.2, 0.25) is 0 Å². The number of hydrogen-bond donors (Lipinski definition) is 2. The molecule has 1 amide bonds. The molecule has 2 rings (SSSR count). The number of morpholine rings is 1. The Kier molecular flexibility index (Phi) is 6.38. The van der Waals surface area contributed by atoms with Crippen LogP contribution >= 0.6 is 0 Å². The first-order chi connectivity index (χ1) is 12.1. The van der Waals surface area contributed by atoms with Crippen LogP contribution in [0.1, 0.15) is 31.1 Å². The number of nitrogens with zero attached hydrogens (tertiary/aromatic N) is 1. The molecule has 1 fully saturated rings. The van der Waals surface area contributed by atoms with Crippen molar-refractivity contribution in [3.05, 3.63) is 29.8 Å². The van der Waals surface area contributed by atoms with E-state index in [1.807, 2.05) is 13.8 Å². The first-order valence-corrected chi connectivity index (χ1v) is 9.85. The highest BCUT2D eigenvalue weighted by molar-refractivity contribution is 7.89. The number of carboxylic acids is 1. The number of hydrogen-bond acceptors (Lipinski definition) is 5. The SMILES string of the molecule is CC(C)CNS(=O)(=O)c1ccc(C(=O)N2CC(C(=O)O)O[C@H](C)C2)cc1. The van der Waals surface area contributed by atoms with Gasteiger partial charge in [0.15, 0.2) is 6.10 Å². The monoisotopic (exact) mass is 384 g/mol. The number of sulfonamides is 1. The third kappa shape index (κ3) is 5.03. The quantitative estimate of drug-likeness (QED) is 0.755. The fourth-order valence-electron chi connectivity index (χ4n) is 2.57. The van der Waals surface area contributed by atoms with Crippen LogP contribution in [-0.2, 0) is 19.6 Å². The number of carbonyl (C=O) groups excluding carboxylic acids is 1. The van der Waals surface area contributed by atoms with Gasteiger partial charge in [0, 0.05) is 18.7 Å². The van der Waals surface area contributed by atoms with Crippen LogP contribution in [0.3, 0.4) is 0 Å². The predicted octanol–water partition coefficient (Wildman–Crippen LogP) is 0.935. The molecule has 1 aliphatic rings. The van der Waals surface area contributed by atoms with Crippen molar-refractivity contribution < 1.29 is 27.9 Å². The molecule has 1 aromatic carbocycles. The first-order valence-electron chi connectivity index (χ1n) is 8.37. The molecule has 2 N–H and O–H groups in total. The number of carboxylic acid groups (broad SMARTS) is 1. The highest BCUT2D eigenvalue weighted by Crippen LogP contribution is 2.17. The molecule has 0 aromatic heterocycles. The zero-order chi connectivity index (χ0) is 19.5. The second kappa shape index (κ2) is 8.15. The van der Waals surface area contributed by atoms with E-state index in [0.29, 0.717) is 12.1 Å². The number of ether oxygens (including phenoxy) is 1. The van der Waals surface area contributed by atoms with Gasteiger partial charge in [0.2, 0.25) is 10.0 Å². The van der Waals surface area contributed by atoms with Crippen molar-refractivity contribution in [1.82, 2.24) is 9.62 Å². The van der Waals surface area contributed by atoms with E-state index in [9.17, 15) is 18.0 Å². The summed E-state index contributed by atoms with van der Waals surface area (Å²) < 4.78 is 32.2. The molecule has 1 heterocycles. The van der Waals surface area contributed by atoms with Gasteiger partial charge in [-0.05, 0) is 37.1 Å². The summed E-state index contributed by atoms with van der Waals surface area (Å²) in [5, 5.41) is 9.10. The average Bonchev–Trinajstić information content (AvgIpc) is 2.59. The Morgan fingerprint density at radius 3 is 2.42 bits per heavy atom. The molecule has 26 heavy (non-hydrogen) atoms. The molecule has 0 bridgehead atoms. The second-order valence-corrected chi connectivity index (χ2v) is 8.52. The minimum atomic E-state index is -3.62. The molecule has 8 nitrogen and oxygen atoms in total. The highest BCUT2D eigenvalue weighted by Gasteiger charge is 2.33. The van der Waals surface area contributed by atoms with Crippen molar-refractivity contribution in [3.63, 3.8) is 0 Å². The Morgan fingerprint density at radius 2 is 1.88 bits per heavy atom. The standard InChI is InChI=1S/C17H24N2O6S/c1-11(2)8-18-26(23,24)14-6-4-13(5-7-14)16(20)19-9-12(3)25-15(10-19)17(21)22/h4-7,11-12,15,18H,8-10H2,1-3H3,(H,21,22)/t12-,15?/m1/s1. The molecule has 0 saturated carbocycles. The minimum absolute atomic E-state index is 0.0471. The topological polar surface area (TPSA) is 113 Å². The van der Waals surface area contributed by atoms with Crippen molar-refractivity contribution in [2.75, 3.05) is 19.6 Å². The number of benzene rings is 1. The summed E-state index contributed by atoms with van der Waals surface area (Å²) in [4.78, 5) is 25.2. The molecule has 2 atom stereocenters. The van der Waals surface area contributed by atoms with Gasteiger partial charge in [-0.3, -0.25) is 4.79 Å². The van der Waals surface area contributed by atoms with Crippen molar-refractivity contribution in [3.8, 4) is 0 Å². The Morgan fingerprint density at radius 1 is 1.27 bits per heavy atom. The molecule has 144 valence electrons. The van der Waals surface area contributed by atoms with Crippen LogP contribution in [-0.4, -0.2) is 62.1 Å². The first kappa shape index (κ1) is 20.3. The van der Waals surface area contributed by atoms with Gasteiger partial charge in [-0.15, -0.1) is 0 Å². The summed E-state index contributed by atoms with van der Waals surface area (Å²) in [6.45, 7) is 6.06. The summed E-state index contributed by atoms with van der Waals surface area (Å²) in [7, 11) is -3.62. The van der Waals surface area contributed by atoms with E-state index in [-0.39, 0.29) is 29.8 Å². The number of rotatable bonds is 6. The maximum atomic E-state index is 12.6. The lowest BCUT2D eigenvalue weighted by atomic mass is 10.1. The lowest BCUT2D eigenvalue weighted by Crippen LogP contribution is -2.51. The largest absolute Gasteiger partial charge is 0.479 e. The average molecular weight is 384 g/mol. The third-order valence-electron chi connectivity index (χ3n) is 3.92. The second-order valence-electron chi connectivity index (χ2n) is 6.75. The molecule has 0 aliphatic carbocycles. The summed E-state index contributed by atoms with van der Waals surface area (Å²) in [6.07, 6.45) is -1.46. The van der Waals surface area contributed by atoms with Crippen LogP contribution in [0.15, 0.2) is 29.2 Å². The molecular formula is C17H24N2O6S. The van der Waals surface area contributed by atoms with E-state index in [1.165, 1.54) is 29.2 Å². The van der Waals surface area contributed by atoms with Crippen LogP contribution in [0.5, 0.6) is 0 Å². The number of carbonyl (C=O) groups is 2. The molecular weight excluding hydrogens is 360 g/mol. The van der Waals surface area contributed by atoms with Gasteiger partial charge in [0.05, 0.1) is 17.5 Å². The summed E-state index contributed by atoms with van der Waals surface area (Å²) in [5.41, 5.74) is 0.297. The summed E-state index contributed by atoms with van der Waals surface area (Å²) >= 11 is 0. The number of aliphatic carboxylic acids is 1. The molecule has 0 spiro atoms. The minimum Gasteiger partial charge on any atom is -0.479 e. The van der Waals surface area contributed by atoms with Gasteiger partial charge in [-0.2, -0.15) is 0 Å². The van der Waals surface area contributed by atoms with Crippen LogP contribution < -0.4 is 4.72 Å². The van der Waals surface area contributed by atoms with Crippen molar-refractivity contribution in [2.24, 2.45) is 5.92 Å². The molecule has 1 aliphatic heterocycles. The Labute approximate surface area is 153 Å². The van der Waals surface area contributed by atoms with Gasteiger partial charge in [-0.25, -0.2) is 17.9 Å². The van der Waals surface area contributed by atoms with E-state index in [0.717, 1.165) is 0 Å². The Bertz CT molecular complexity index is 760. The molecule has 9 heteroatoms. The van der Waals surface area contributed by atoms with Crippen molar-refractivity contribution in [2.45, 2.75) is 37.9 Å². The van der Waals surface area contributed by atoms with Crippen molar-refractivity contribution in [1.29, 1.82) is 0 Å². The predicted molar refractivity (Wildman–Crippen MR) is 94.3 cm³/mol. The number of amides is 1. The van der Waals surface area contributed by atoms with Crippen LogP contribution in [0.4, 0.5) is 0 Å². The van der Waals surface area contributed by atoms with E-state index >= 15 is 0 Å². The maximum Gasteiger partial charge on any atom is 0.334 e. The summed E-state index contributed by atoms with van der Waals surface area (Å²) in [5.74, 6) is -1.30. The third-order valence-corrected chi connectivity index (χ3v) is 5.36. The van der Waals surface area contributed by atoms with E-state index in [4.69, 9.17) is 9.84 Å². The molecule has 0 radical (unpaired) electrons. The van der Waals surface area contributed by atoms with Gasteiger partial charge < -0.3 is 14.7 Å². The summed E-state index contributed by atoms with van der Waals surface area (Å²) in [6, 6.07) is 5.60. The van der Waals surface area contributed by atoms with Gasteiger partial charge in [0.25, 0.3) is 5.91 Å². The highest BCUT2D eigenvalue weighted by atomic mass is 32.2. The van der Waals surface area contributed by atoms with Gasteiger partial charge in [0.1, 0.15) is 0 Å². The molecule has 1 saturated heterocycles. The lowest BCUT2D eigenvalue weighted by molar-refractivity contribution is -0.160. The van der Waals surface area contributed by atoms with Gasteiger partial charge >= 0.3 is 5.97 Å². The van der Waals surface area contributed by atoms with Crippen LogP contribution in [0, 0.1) is 5.92 Å². The molecule has 1 unspecified atom stereocenters.